The highest BCUT2D eigenvalue weighted by atomic mass is 16.5. The average molecular weight is 376 g/mol. The number of methoxy groups -OCH3 is 1. The fourth-order valence-electron chi connectivity index (χ4n) is 2.83. The number of hydrogen-bond acceptors (Lipinski definition) is 5. The minimum atomic E-state index is -0.776. The summed E-state index contributed by atoms with van der Waals surface area (Å²) in [5.41, 5.74) is 0.936. The fraction of sp³-hybridized carbons (Fsp3) is 0.444. The molecule has 0 bridgehead atoms. The van der Waals surface area contributed by atoms with Crippen LogP contribution < -0.4 is 16.0 Å². The Labute approximate surface area is 157 Å². The second-order valence-electron chi connectivity index (χ2n) is 6.33. The van der Waals surface area contributed by atoms with Crippen LogP contribution in [0.1, 0.15) is 19.8 Å². The fourth-order valence-corrected chi connectivity index (χ4v) is 2.83. The van der Waals surface area contributed by atoms with Gasteiger partial charge in [0.15, 0.2) is 0 Å². The number of rotatable bonds is 4. The molecule has 3 N–H and O–H groups in total. The van der Waals surface area contributed by atoms with Crippen LogP contribution >= 0.6 is 0 Å². The minimum Gasteiger partial charge on any atom is -0.453 e. The van der Waals surface area contributed by atoms with Gasteiger partial charge in [0.25, 0.3) is 0 Å². The van der Waals surface area contributed by atoms with Crippen molar-refractivity contribution in [2.24, 2.45) is 5.92 Å². The molecule has 1 aromatic rings. The third kappa shape index (κ3) is 6.28. The van der Waals surface area contributed by atoms with Crippen LogP contribution in [0.15, 0.2) is 24.3 Å². The van der Waals surface area contributed by atoms with E-state index in [1.165, 1.54) is 14.0 Å². The normalized spacial score (nSPS) is 14.2. The zero-order valence-electron chi connectivity index (χ0n) is 15.4. The van der Waals surface area contributed by atoms with Crippen LogP contribution in [0.5, 0.6) is 0 Å². The van der Waals surface area contributed by atoms with E-state index in [-0.39, 0.29) is 17.9 Å². The molecule has 1 heterocycles. The van der Waals surface area contributed by atoms with Gasteiger partial charge in [-0.15, -0.1) is 0 Å². The third-order valence-electron chi connectivity index (χ3n) is 4.25. The molecular weight excluding hydrogens is 352 g/mol. The molecule has 0 aliphatic carbocycles. The summed E-state index contributed by atoms with van der Waals surface area (Å²) in [5.74, 6) is -1.53. The number of carbonyl (C=O) groups is 4. The molecule has 0 saturated carbocycles. The molecule has 9 nitrogen and oxygen atoms in total. The van der Waals surface area contributed by atoms with Gasteiger partial charge in [0, 0.05) is 37.9 Å². The number of hydrogen-bond donors (Lipinski definition) is 3. The van der Waals surface area contributed by atoms with Crippen LogP contribution in [0.2, 0.25) is 0 Å². The van der Waals surface area contributed by atoms with Gasteiger partial charge in [-0.3, -0.25) is 14.4 Å². The SMILES string of the molecule is COC(=O)N1CCC(CNC(=O)C(=O)Nc2cccc(NC(C)=O)c2)CC1. The molecular formula is C18H24N4O5. The van der Waals surface area contributed by atoms with Gasteiger partial charge in [0.1, 0.15) is 0 Å². The van der Waals surface area contributed by atoms with Crippen LogP contribution in [0.25, 0.3) is 0 Å². The first kappa shape index (κ1) is 20.2. The number of nitrogens with zero attached hydrogens (tertiary/aromatic N) is 1. The Morgan fingerprint density at radius 3 is 2.30 bits per heavy atom. The van der Waals surface area contributed by atoms with Crippen molar-refractivity contribution < 1.29 is 23.9 Å². The number of benzene rings is 1. The maximum atomic E-state index is 12.0. The van der Waals surface area contributed by atoms with E-state index < -0.39 is 11.8 Å². The van der Waals surface area contributed by atoms with Crippen molar-refractivity contribution in [1.29, 1.82) is 0 Å². The first-order valence-corrected chi connectivity index (χ1v) is 8.68. The van der Waals surface area contributed by atoms with Crippen molar-refractivity contribution in [3.63, 3.8) is 0 Å². The summed E-state index contributed by atoms with van der Waals surface area (Å²) in [6.07, 6.45) is 1.12. The third-order valence-corrected chi connectivity index (χ3v) is 4.25. The monoisotopic (exact) mass is 376 g/mol. The minimum absolute atomic E-state index is 0.200. The molecule has 0 spiro atoms. The summed E-state index contributed by atoms with van der Waals surface area (Å²) in [5, 5.41) is 7.73. The maximum absolute atomic E-state index is 12.0. The Kier molecular flexibility index (Phi) is 7.16. The lowest BCUT2D eigenvalue weighted by molar-refractivity contribution is -0.136. The maximum Gasteiger partial charge on any atom is 0.409 e. The topological polar surface area (TPSA) is 117 Å². The summed E-state index contributed by atoms with van der Waals surface area (Å²) in [6.45, 7) is 2.88. The number of nitrogens with one attached hydrogen (secondary N) is 3. The zero-order valence-corrected chi connectivity index (χ0v) is 15.4. The molecule has 27 heavy (non-hydrogen) atoms. The van der Waals surface area contributed by atoms with E-state index in [1.807, 2.05) is 0 Å². The Balaban J connectivity index is 1.77. The molecule has 0 radical (unpaired) electrons. The quantitative estimate of drug-likeness (QED) is 0.682. The van der Waals surface area contributed by atoms with Gasteiger partial charge in [-0.2, -0.15) is 0 Å². The van der Waals surface area contributed by atoms with E-state index in [9.17, 15) is 19.2 Å². The molecule has 0 unspecified atom stereocenters. The van der Waals surface area contributed by atoms with E-state index >= 15 is 0 Å². The molecule has 9 heteroatoms. The molecule has 1 aliphatic heterocycles. The van der Waals surface area contributed by atoms with Crippen molar-refractivity contribution in [3.05, 3.63) is 24.3 Å². The largest absolute Gasteiger partial charge is 0.453 e. The summed E-state index contributed by atoms with van der Waals surface area (Å²) >= 11 is 0. The lowest BCUT2D eigenvalue weighted by Crippen LogP contribution is -2.43. The van der Waals surface area contributed by atoms with Gasteiger partial charge in [-0.25, -0.2) is 4.79 Å². The predicted molar refractivity (Wildman–Crippen MR) is 99.1 cm³/mol. The van der Waals surface area contributed by atoms with Gasteiger partial charge in [-0.05, 0) is 37.0 Å². The van der Waals surface area contributed by atoms with Crippen LogP contribution in [0, 0.1) is 5.92 Å². The Morgan fingerprint density at radius 1 is 1.07 bits per heavy atom. The Bertz CT molecular complexity index is 713. The highest BCUT2D eigenvalue weighted by molar-refractivity contribution is 6.39. The van der Waals surface area contributed by atoms with Crippen molar-refractivity contribution in [1.82, 2.24) is 10.2 Å². The molecule has 0 aromatic heterocycles. The van der Waals surface area contributed by atoms with E-state index in [1.54, 1.807) is 29.2 Å². The van der Waals surface area contributed by atoms with Gasteiger partial charge < -0.3 is 25.6 Å². The first-order chi connectivity index (χ1) is 12.9. The number of likely N-dealkylation sites (tertiary alicyclic amines) is 1. The lowest BCUT2D eigenvalue weighted by Gasteiger charge is -2.30. The van der Waals surface area contributed by atoms with E-state index in [2.05, 4.69) is 20.7 Å². The highest BCUT2D eigenvalue weighted by Gasteiger charge is 2.24. The number of ether oxygens (including phenoxy) is 1. The molecule has 2 rings (SSSR count). The smallest absolute Gasteiger partial charge is 0.409 e. The summed E-state index contributed by atoms with van der Waals surface area (Å²) in [6, 6.07) is 6.53. The number of piperidine rings is 1. The average Bonchev–Trinajstić information content (AvgIpc) is 2.65. The molecule has 1 fully saturated rings. The predicted octanol–water partition coefficient (Wildman–Crippen LogP) is 1.18. The van der Waals surface area contributed by atoms with Gasteiger partial charge in [0.2, 0.25) is 5.91 Å². The van der Waals surface area contributed by atoms with Crippen LogP contribution in [-0.4, -0.2) is 55.5 Å². The van der Waals surface area contributed by atoms with Crippen LogP contribution in [0.3, 0.4) is 0 Å². The second kappa shape index (κ2) is 9.56. The van der Waals surface area contributed by atoms with Gasteiger partial charge in [0.05, 0.1) is 7.11 Å². The van der Waals surface area contributed by atoms with E-state index in [4.69, 9.17) is 0 Å². The summed E-state index contributed by atoms with van der Waals surface area (Å²) in [7, 11) is 1.35. The second-order valence-corrected chi connectivity index (χ2v) is 6.33. The Hall–Kier alpha value is -3.10. The van der Waals surface area contributed by atoms with Crippen molar-refractivity contribution in [2.45, 2.75) is 19.8 Å². The van der Waals surface area contributed by atoms with E-state index in [0.29, 0.717) is 31.0 Å². The Morgan fingerprint density at radius 2 is 1.70 bits per heavy atom. The van der Waals surface area contributed by atoms with Gasteiger partial charge >= 0.3 is 17.9 Å². The first-order valence-electron chi connectivity index (χ1n) is 8.68. The lowest BCUT2D eigenvalue weighted by atomic mass is 9.97. The number of carbonyl (C=O) groups excluding carboxylic acids is 4. The van der Waals surface area contributed by atoms with Crippen molar-refractivity contribution in [3.8, 4) is 0 Å². The molecule has 1 aromatic carbocycles. The summed E-state index contributed by atoms with van der Waals surface area (Å²) < 4.78 is 4.68. The summed E-state index contributed by atoms with van der Waals surface area (Å²) in [4.78, 5) is 48.1. The number of anilines is 2. The molecule has 1 saturated heterocycles. The number of amides is 4. The molecule has 0 atom stereocenters. The van der Waals surface area contributed by atoms with Crippen molar-refractivity contribution in [2.75, 3.05) is 37.4 Å². The van der Waals surface area contributed by atoms with Crippen LogP contribution in [-0.2, 0) is 19.1 Å². The zero-order chi connectivity index (χ0) is 19.8. The molecule has 146 valence electrons. The van der Waals surface area contributed by atoms with Crippen molar-refractivity contribution >= 4 is 35.2 Å². The van der Waals surface area contributed by atoms with Gasteiger partial charge in [-0.1, -0.05) is 6.07 Å². The standard InChI is InChI=1S/C18H24N4O5/c1-12(23)20-14-4-3-5-15(10-14)21-17(25)16(24)19-11-13-6-8-22(9-7-13)18(26)27-2/h3-5,10,13H,6-9,11H2,1-2H3,(H,19,24)(H,20,23)(H,21,25). The highest BCUT2D eigenvalue weighted by Crippen LogP contribution is 2.17. The van der Waals surface area contributed by atoms with E-state index in [0.717, 1.165) is 12.8 Å². The van der Waals surface area contributed by atoms with Crippen LogP contribution in [0.4, 0.5) is 16.2 Å². The molecule has 1 aliphatic rings. The molecule has 4 amide bonds.